The number of aliphatic imine (C=N–C) groups is 1. The normalized spacial score (nSPS) is 16.3. The fourth-order valence-corrected chi connectivity index (χ4v) is 4.83. The fraction of sp³-hybridized carbons (Fsp3) is 0.423. The summed E-state index contributed by atoms with van der Waals surface area (Å²) in [6, 6.07) is 12.5. The van der Waals surface area contributed by atoms with Crippen molar-refractivity contribution < 1.29 is 27.8 Å². The molecule has 2 aromatic carbocycles. The van der Waals surface area contributed by atoms with Gasteiger partial charge in [0.05, 0.1) is 12.8 Å². The highest BCUT2D eigenvalue weighted by atomic mass is 35.5. The Bertz CT molecular complexity index is 1080. The average Bonchev–Trinajstić information content (AvgIpc) is 3.13. The minimum absolute atomic E-state index is 0.0126. The molecule has 2 amide bonds. The van der Waals surface area contributed by atoms with Gasteiger partial charge in [0.2, 0.25) is 11.8 Å². The van der Waals surface area contributed by atoms with E-state index < -0.39 is 16.7 Å². The van der Waals surface area contributed by atoms with E-state index in [-0.39, 0.29) is 23.8 Å². The third-order valence-electron chi connectivity index (χ3n) is 5.55. The van der Waals surface area contributed by atoms with Crippen molar-refractivity contribution >= 4 is 51.7 Å². The molecule has 200 valence electrons. The topological polar surface area (TPSA) is 80.2 Å². The molecule has 1 unspecified atom stereocenters. The molecule has 1 N–H and O–H groups in total. The Kier molecular flexibility index (Phi) is 10.6. The first kappa shape index (κ1) is 28.7. The third-order valence-corrected chi connectivity index (χ3v) is 6.73. The van der Waals surface area contributed by atoms with Crippen molar-refractivity contribution in [1.82, 2.24) is 0 Å². The number of amides is 2. The minimum atomic E-state index is -3.86. The molecule has 1 fully saturated rings. The molecule has 11 heteroatoms. The highest BCUT2D eigenvalue weighted by Crippen LogP contribution is 2.33. The Labute approximate surface area is 224 Å². The van der Waals surface area contributed by atoms with Gasteiger partial charge in [0.15, 0.2) is 5.17 Å². The summed E-state index contributed by atoms with van der Waals surface area (Å²) in [5, 5.41) is 3.12. The number of nitrogens with zero attached hydrogens (tertiary/aromatic N) is 2. The van der Waals surface area contributed by atoms with Crippen LogP contribution in [-0.2, 0) is 9.59 Å². The standard InChI is InChI=1S/C26H30ClF2N3O4S/c1-3-4-5-6-7-16-30-25(31-18-8-12-20(35-2)13-9-18)37-22-17-23(33)32(24(22)34)19-10-14-21(15-11-19)36-26(27,28)29/h8-15,22H,3-7,16-17H2,1-2H3,(H,30,31). The van der Waals surface area contributed by atoms with Crippen LogP contribution in [0.15, 0.2) is 53.5 Å². The molecule has 1 aliphatic heterocycles. The number of hydrogen-bond acceptors (Lipinski definition) is 6. The highest BCUT2D eigenvalue weighted by Gasteiger charge is 2.41. The number of carbonyl (C=O) groups excluding carboxylic acids is 2. The number of unbranched alkanes of at least 4 members (excludes halogenated alkanes) is 4. The Morgan fingerprint density at radius 1 is 1.08 bits per heavy atom. The van der Waals surface area contributed by atoms with E-state index in [0.717, 1.165) is 36.3 Å². The number of methoxy groups -OCH3 is 1. The molecule has 0 saturated carbocycles. The fourth-order valence-electron chi connectivity index (χ4n) is 3.70. The van der Waals surface area contributed by atoms with Crippen molar-refractivity contribution in [2.24, 2.45) is 4.99 Å². The molecule has 1 aliphatic rings. The number of rotatable bonds is 12. The van der Waals surface area contributed by atoms with Crippen LogP contribution in [0.4, 0.5) is 20.2 Å². The lowest BCUT2D eigenvalue weighted by molar-refractivity contribution is -0.121. The Hall–Kier alpha value is -2.85. The molecule has 3 rings (SSSR count). The summed E-state index contributed by atoms with van der Waals surface area (Å²) < 4.78 is 35.2. The van der Waals surface area contributed by atoms with Gasteiger partial charge in [-0.15, -0.1) is 8.78 Å². The van der Waals surface area contributed by atoms with Crippen LogP contribution in [0.25, 0.3) is 0 Å². The Morgan fingerprint density at radius 2 is 1.73 bits per heavy atom. The van der Waals surface area contributed by atoms with E-state index in [2.05, 4.69) is 22.0 Å². The second kappa shape index (κ2) is 13.6. The molecule has 1 atom stereocenters. The van der Waals surface area contributed by atoms with Gasteiger partial charge in [0.25, 0.3) is 0 Å². The number of benzene rings is 2. The van der Waals surface area contributed by atoms with E-state index >= 15 is 0 Å². The van der Waals surface area contributed by atoms with Crippen LogP contribution < -0.4 is 19.7 Å². The second-order valence-corrected chi connectivity index (χ2v) is 10.0. The predicted molar refractivity (Wildman–Crippen MR) is 144 cm³/mol. The van der Waals surface area contributed by atoms with E-state index in [9.17, 15) is 18.4 Å². The lowest BCUT2D eigenvalue weighted by Gasteiger charge is -2.17. The number of imide groups is 1. The van der Waals surface area contributed by atoms with Crippen molar-refractivity contribution in [3.05, 3.63) is 48.5 Å². The molecule has 0 aromatic heterocycles. The first-order valence-electron chi connectivity index (χ1n) is 12.0. The second-order valence-electron chi connectivity index (χ2n) is 8.37. The molecule has 1 saturated heterocycles. The van der Waals surface area contributed by atoms with Gasteiger partial charge in [-0.1, -0.05) is 44.4 Å². The van der Waals surface area contributed by atoms with Crippen molar-refractivity contribution in [2.75, 3.05) is 23.9 Å². The number of anilines is 2. The van der Waals surface area contributed by atoms with Gasteiger partial charge in [-0.05, 0) is 55.0 Å². The molecular weight excluding hydrogens is 524 g/mol. The number of halogens is 3. The maximum absolute atomic E-state index is 13.2. The van der Waals surface area contributed by atoms with E-state index in [0.29, 0.717) is 17.5 Å². The number of hydrogen-bond donors (Lipinski definition) is 1. The monoisotopic (exact) mass is 553 g/mol. The van der Waals surface area contributed by atoms with Crippen LogP contribution in [0.2, 0.25) is 0 Å². The van der Waals surface area contributed by atoms with Crippen LogP contribution >= 0.6 is 23.4 Å². The molecule has 0 spiro atoms. The number of thioether (sulfide) groups is 1. The third kappa shape index (κ3) is 8.89. The molecule has 0 radical (unpaired) electrons. The highest BCUT2D eigenvalue weighted by molar-refractivity contribution is 8.15. The van der Waals surface area contributed by atoms with Crippen molar-refractivity contribution in [3.8, 4) is 11.5 Å². The summed E-state index contributed by atoms with van der Waals surface area (Å²) in [6.07, 6.45) is 5.48. The smallest absolute Gasteiger partial charge is 0.487 e. The van der Waals surface area contributed by atoms with Crippen LogP contribution in [0.1, 0.15) is 45.4 Å². The van der Waals surface area contributed by atoms with E-state index in [1.807, 2.05) is 24.3 Å². The van der Waals surface area contributed by atoms with Gasteiger partial charge < -0.3 is 14.8 Å². The van der Waals surface area contributed by atoms with Crippen LogP contribution in [0, 0.1) is 0 Å². The van der Waals surface area contributed by atoms with Gasteiger partial charge >= 0.3 is 5.57 Å². The lowest BCUT2D eigenvalue weighted by atomic mass is 10.2. The first-order valence-corrected chi connectivity index (χ1v) is 13.3. The molecule has 37 heavy (non-hydrogen) atoms. The van der Waals surface area contributed by atoms with Crippen LogP contribution in [0.3, 0.4) is 0 Å². The largest absolute Gasteiger partial charge is 0.497 e. The molecule has 0 aliphatic carbocycles. The van der Waals surface area contributed by atoms with E-state index in [1.165, 1.54) is 42.4 Å². The van der Waals surface area contributed by atoms with Gasteiger partial charge in [-0.2, -0.15) is 0 Å². The number of nitrogens with one attached hydrogen (secondary N) is 1. The summed E-state index contributed by atoms with van der Waals surface area (Å²) >= 11 is 5.99. The van der Waals surface area contributed by atoms with Gasteiger partial charge in [-0.25, -0.2) is 4.90 Å². The summed E-state index contributed by atoms with van der Waals surface area (Å²) in [4.78, 5) is 31.6. The SMILES string of the molecule is CCCCCCCN=C(Nc1ccc(OC)cc1)SC1CC(=O)N(c2ccc(OC(F)(F)Cl)cc2)C1=O. The van der Waals surface area contributed by atoms with Crippen molar-refractivity contribution in [2.45, 2.75) is 56.3 Å². The minimum Gasteiger partial charge on any atom is -0.497 e. The Morgan fingerprint density at radius 3 is 2.35 bits per heavy atom. The molecule has 2 aromatic rings. The lowest BCUT2D eigenvalue weighted by Crippen LogP contribution is -2.31. The molecule has 0 bridgehead atoms. The maximum atomic E-state index is 13.2. The quantitative estimate of drug-likeness (QED) is 0.104. The van der Waals surface area contributed by atoms with E-state index in [1.54, 1.807) is 7.11 Å². The van der Waals surface area contributed by atoms with Crippen molar-refractivity contribution in [1.29, 1.82) is 0 Å². The van der Waals surface area contributed by atoms with Crippen LogP contribution in [-0.4, -0.2) is 41.5 Å². The predicted octanol–water partition coefficient (Wildman–Crippen LogP) is 6.67. The summed E-state index contributed by atoms with van der Waals surface area (Å²) in [5.41, 5.74) is -2.82. The zero-order valence-electron chi connectivity index (χ0n) is 20.7. The zero-order chi connectivity index (χ0) is 26.8. The molecule has 1 heterocycles. The van der Waals surface area contributed by atoms with Crippen LogP contribution in [0.5, 0.6) is 11.5 Å². The summed E-state index contributed by atoms with van der Waals surface area (Å²) in [5.74, 6) is -0.266. The van der Waals surface area contributed by atoms with Gasteiger partial charge in [0, 0.05) is 30.3 Å². The number of carbonyl (C=O) groups is 2. The van der Waals surface area contributed by atoms with Crippen molar-refractivity contribution in [3.63, 3.8) is 0 Å². The summed E-state index contributed by atoms with van der Waals surface area (Å²) in [6.45, 7) is 2.76. The zero-order valence-corrected chi connectivity index (χ0v) is 22.3. The van der Waals surface area contributed by atoms with Gasteiger partial charge in [-0.3, -0.25) is 14.6 Å². The average molecular weight is 554 g/mol. The Balaban J connectivity index is 1.70. The molecular formula is C26H30ClF2N3O4S. The number of alkyl halides is 3. The number of amidine groups is 1. The molecule has 7 nitrogen and oxygen atoms in total. The van der Waals surface area contributed by atoms with Gasteiger partial charge in [0.1, 0.15) is 16.7 Å². The number of ether oxygens (including phenoxy) is 2. The first-order chi connectivity index (χ1) is 17.7. The van der Waals surface area contributed by atoms with E-state index in [4.69, 9.17) is 16.3 Å². The maximum Gasteiger partial charge on any atom is 0.487 e. The summed E-state index contributed by atoms with van der Waals surface area (Å²) in [7, 11) is 1.59.